The Balaban J connectivity index is 0.00000220. The van der Waals surface area contributed by atoms with Crippen molar-refractivity contribution < 1.29 is 13.2 Å². The van der Waals surface area contributed by atoms with Gasteiger partial charge in [-0.1, -0.05) is 6.07 Å². The first kappa shape index (κ1) is 18.4. The number of rotatable bonds is 4. The Labute approximate surface area is 134 Å². The summed E-state index contributed by atoms with van der Waals surface area (Å²) < 4.78 is 38.1. The van der Waals surface area contributed by atoms with Gasteiger partial charge in [0, 0.05) is 37.7 Å². The number of halogens is 5. The third kappa shape index (κ3) is 5.24. The monoisotopic (exact) mass is 342 g/mol. The lowest BCUT2D eigenvalue weighted by Crippen LogP contribution is -2.46. The van der Waals surface area contributed by atoms with Crippen molar-refractivity contribution in [3.63, 3.8) is 0 Å². The van der Waals surface area contributed by atoms with Crippen LogP contribution in [0.25, 0.3) is 0 Å². The molecule has 0 atom stereocenters. The molecule has 0 N–H and O–H groups in total. The van der Waals surface area contributed by atoms with Gasteiger partial charge in [0.2, 0.25) is 0 Å². The van der Waals surface area contributed by atoms with Gasteiger partial charge in [-0.25, -0.2) is 0 Å². The van der Waals surface area contributed by atoms with E-state index in [1.54, 1.807) is 6.07 Å². The molecular formula is C14H19Cl2F3N2. The quantitative estimate of drug-likeness (QED) is 0.766. The van der Waals surface area contributed by atoms with Gasteiger partial charge in [0.25, 0.3) is 0 Å². The summed E-state index contributed by atoms with van der Waals surface area (Å²) in [5, 5.41) is 0. The molecule has 1 aromatic carbocycles. The molecule has 0 aromatic heterocycles. The molecule has 0 aliphatic carbocycles. The summed E-state index contributed by atoms with van der Waals surface area (Å²) >= 11 is 5.66. The number of alkyl halides is 4. The van der Waals surface area contributed by atoms with Crippen molar-refractivity contribution in [1.29, 1.82) is 0 Å². The van der Waals surface area contributed by atoms with E-state index in [0.717, 1.165) is 45.2 Å². The highest BCUT2D eigenvalue weighted by Gasteiger charge is 2.31. The van der Waals surface area contributed by atoms with Gasteiger partial charge in [0.15, 0.2) is 0 Å². The summed E-state index contributed by atoms with van der Waals surface area (Å²) in [5.74, 6) is 0.647. The van der Waals surface area contributed by atoms with Crippen LogP contribution in [-0.4, -0.2) is 43.5 Å². The maximum atomic E-state index is 12.7. The maximum Gasteiger partial charge on any atom is 0.416 e. The molecular weight excluding hydrogens is 324 g/mol. The summed E-state index contributed by atoms with van der Waals surface area (Å²) in [6.07, 6.45) is -3.33. The predicted molar refractivity (Wildman–Crippen MR) is 82.7 cm³/mol. The minimum Gasteiger partial charge on any atom is -0.369 e. The Kier molecular flexibility index (Phi) is 7.10. The summed E-state index contributed by atoms with van der Waals surface area (Å²) in [6, 6.07) is 5.55. The van der Waals surface area contributed by atoms with E-state index in [0.29, 0.717) is 11.6 Å². The van der Waals surface area contributed by atoms with Gasteiger partial charge >= 0.3 is 6.18 Å². The topological polar surface area (TPSA) is 6.48 Å². The normalized spacial score (nSPS) is 16.7. The van der Waals surface area contributed by atoms with E-state index in [4.69, 9.17) is 11.6 Å². The number of hydrogen-bond acceptors (Lipinski definition) is 2. The lowest BCUT2D eigenvalue weighted by atomic mass is 10.1. The van der Waals surface area contributed by atoms with Crippen LogP contribution >= 0.6 is 24.0 Å². The number of piperazine rings is 1. The first-order valence-corrected chi connectivity index (χ1v) is 7.24. The second kappa shape index (κ2) is 8.11. The molecule has 0 bridgehead atoms. The molecule has 1 aliphatic rings. The predicted octanol–water partition coefficient (Wildman–Crippen LogP) is 3.88. The molecule has 1 fully saturated rings. The molecule has 1 aromatic rings. The van der Waals surface area contributed by atoms with Crippen molar-refractivity contribution in [1.82, 2.24) is 4.90 Å². The van der Waals surface area contributed by atoms with Crippen LogP contribution in [0.3, 0.4) is 0 Å². The fraction of sp³-hybridized carbons (Fsp3) is 0.571. The van der Waals surface area contributed by atoms with Crippen LogP contribution in [0.5, 0.6) is 0 Å². The van der Waals surface area contributed by atoms with Crippen LogP contribution in [0.2, 0.25) is 0 Å². The third-order valence-electron chi connectivity index (χ3n) is 3.52. The smallest absolute Gasteiger partial charge is 0.369 e. The summed E-state index contributed by atoms with van der Waals surface area (Å²) in [5.41, 5.74) is 0.0661. The molecule has 1 heterocycles. The van der Waals surface area contributed by atoms with Crippen LogP contribution < -0.4 is 4.90 Å². The van der Waals surface area contributed by atoms with Gasteiger partial charge in [-0.05, 0) is 31.2 Å². The minimum atomic E-state index is -4.28. The fourth-order valence-electron chi connectivity index (χ4n) is 2.39. The van der Waals surface area contributed by atoms with E-state index >= 15 is 0 Å². The van der Waals surface area contributed by atoms with E-state index in [9.17, 15) is 13.2 Å². The van der Waals surface area contributed by atoms with Gasteiger partial charge in [0.1, 0.15) is 0 Å². The van der Waals surface area contributed by atoms with E-state index in [1.165, 1.54) is 12.1 Å². The van der Waals surface area contributed by atoms with Crippen LogP contribution in [-0.2, 0) is 6.18 Å². The molecule has 0 amide bonds. The lowest BCUT2D eigenvalue weighted by molar-refractivity contribution is -0.137. The van der Waals surface area contributed by atoms with E-state index in [2.05, 4.69) is 4.90 Å². The Morgan fingerprint density at radius 2 is 1.76 bits per heavy atom. The fourth-order valence-corrected chi connectivity index (χ4v) is 2.51. The summed E-state index contributed by atoms with van der Waals surface area (Å²) in [7, 11) is 0. The second-order valence-electron chi connectivity index (χ2n) is 4.92. The zero-order chi connectivity index (χ0) is 14.6. The van der Waals surface area contributed by atoms with Crippen LogP contribution in [0.4, 0.5) is 18.9 Å². The maximum absolute atomic E-state index is 12.7. The number of nitrogens with zero attached hydrogens (tertiary/aromatic N) is 2. The van der Waals surface area contributed by atoms with Crippen LogP contribution in [0.15, 0.2) is 24.3 Å². The average Bonchev–Trinajstić information content (AvgIpc) is 2.45. The highest BCUT2D eigenvalue weighted by Crippen LogP contribution is 2.31. The second-order valence-corrected chi connectivity index (χ2v) is 5.30. The zero-order valence-corrected chi connectivity index (χ0v) is 13.1. The Bertz CT molecular complexity index is 432. The van der Waals surface area contributed by atoms with Crippen molar-refractivity contribution in [3.05, 3.63) is 29.8 Å². The average molecular weight is 343 g/mol. The third-order valence-corrected chi connectivity index (χ3v) is 3.79. The van der Waals surface area contributed by atoms with Crippen molar-refractivity contribution in [2.45, 2.75) is 12.6 Å². The van der Waals surface area contributed by atoms with Gasteiger partial charge in [-0.15, -0.1) is 24.0 Å². The molecule has 120 valence electrons. The molecule has 2 rings (SSSR count). The first-order valence-electron chi connectivity index (χ1n) is 6.71. The molecule has 0 saturated carbocycles. The van der Waals surface area contributed by atoms with Gasteiger partial charge < -0.3 is 4.90 Å². The number of benzene rings is 1. The first-order chi connectivity index (χ1) is 9.50. The molecule has 7 heteroatoms. The highest BCUT2D eigenvalue weighted by molar-refractivity contribution is 6.17. The Morgan fingerprint density at radius 1 is 1.10 bits per heavy atom. The van der Waals surface area contributed by atoms with E-state index < -0.39 is 11.7 Å². The van der Waals surface area contributed by atoms with Crippen molar-refractivity contribution in [2.75, 3.05) is 43.5 Å². The van der Waals surface area contributed by atoms with Gasteiger partial charge in [-0.2, -0.15) is 13.2 Å². The molecule has 1 saturated heterocycles. The van der Waals surface area contributed by atoms with Gasteiger partial charge in [-0.3, -0.25) is 4.90 Å². The molecule has 1 aliphatic heterocycles. The van der Waals surface area contributed by atoms with Crippen LogP contribution in [0.1, 0.15) is 12.0 Å². The number of anilines is 1. The minimum absolute atomic E-state index is 0. The van der Waals surface area contributed by atoms with E-state index in [1.807, 2.05) is 4.90 Å². The SMILES string of the molecule is Cl.FC(F)(F)c1cccc(N2CCN(CCCCl)CC2)c1. The molecule has 0 radical (unpaired) electrons. The van der Waals surface area contributed by atoms with E-state index in [-0.39, 0.29) is 12.4 Å². The Morgan fingerprint density at radius 3 is 2.33 bits per heavy atom. The number of hydrogen-bond donors (Lipinski definition) is 0. The van der Waals surface area contributed by atoms with Crippen molar-refractivity contribution in [2.24, 2.45) is 0 Å². The summed E-state index contributed by atoms with van der Waals surface area (Å²) in [6.45, 7) is 4.20. The summed E-state index contributed by atoms with van der Waals surface area (Å²) in [4.78, 5) is 4.30. The van der Waals surface area contributed by atoms with Crippen LogP contribution in [0, 0.1) is 0 Å². The standard InChI is InChI=1S/C14H18ClF3N2.ClH/c15-5-2-6-19-7-9-20(10-8-19)13-4-1-3-12(11-13)14(16,17)18;/h1,3-4,11H,2,5-10H2;1H. The molecule has 0 spiro atoms. The Hall–Kier alpha value is -0.650. The van der Waals surface area contributed by atoms with Crippen molar-refractivity contribution in [3.8, 4) is 0 Å². The van der Waals surface area contributed by atoms with Gasteiger partial charge in [0.05, 0.1) is 5.56 Å². The molecule has 21 heavy (non-hydrogen) atoms. The molecule has 0 unspecified atom stereocenters. The molecule has 2 nitrogen and oxygen atoms in total. The zero-order valence-electron chi connectivity index (χ0n) is 11.6. The van der Waals surface area contributed by atoms with Crippen molar-refractivity contribution >= 4 is 29.7 Å². The lowest BCUT2D eigenvalue weighted by Gasteiger charge is -2.36. The largest absolute Gasteiger partial charge is 0.416 e. The highest BCUT2D eigenvalue weighted by atomic mass is 35.5.